The predicted octanol–water partition coefficient (Wildman–Crippen LogP) is 2.28. The van der Waals surface area contributed by atoms with E-state index in [2.05, 4.69) is 10.4 Å². The molecule has 1 heterocycles. The topological polar surface area (TPSA) is 97.3 Å². The third kappa shape index (κ3) is 5.02. The van der Waals surface area contributed by atoms with Gasteiger partial charge in [0.25, 0.3) is 5.91 Å². The number of amides is 2. The van der Waals surface area contributed by atoms with Crippen LogP contribution in [0.2, 0.25) is 0 Å². The van der Waals surface area contributed by atoms with E-state index in [0.29, 0.717) is 23.6 Å². The smallest absolute Gasteiger partial charge is 0.341 e. The van der Waals surface area contributed by atoms with Crippen molar-refractivity contribution < 1.29 is 23.9 Å². The summed E-state index contributed by atoms with van der Waals surface area (Å²) in [6.07, 6.45) is 0.514. The highest BCUT2D eigenvalue weighted by atomic mass is 16.5. The molecule has 0 atom stereocenters. The van der Waals surface area contributed by atoms with Crippen molar-refractivity contribution in [3.63, 3.8) is 0 Å². The minimum atomic E-state index is -0.522. The van der Waals surface area contributed by atoms with E-state index >= 15 is 0 Å². The van der Waals surface area contributed by atoms with Crippen LogP contribution in [0, 0.1) is 0 Å². The van der Waals surface area contributed by atoms with E-state index in [9.17, 15) is 14.4 Å². The molecule has 30 heavy (non-hydrogen) atoms. The number of carbonyl (C=O) groups is 3. The molecule has 0 spiro atoms. The molecular formula is C22H23N3O5. The molecule has 0 unspecified atom stereocenters. The number of benzene rings is 2. The quantitative estimate of drug-likeness (QED) is 0.708. The summed E-state index contributed by atoms with van der Waals surface area (Å²) in [6, 6.07) is 14.5. The minimum absolute atomic E-state index is 0.117. The second-order valence-corrected chi connectivity index (χ2v) is 6.69. The highest BCUT2D eigenvalue weighted by Gasteiger charge is 2.24. The Balaban J connectivity index is 1.67. The van der Waals surface area contributed by atoms with Gasteiger partial charge in [0, 0.05) is 19.4 Å². The monoisotopic (exact) mass is 409 g/mol. The van der Waals surface area contributed by atoms with Crippen molar-refractivity contribution in [1.29, 1.82) is 0 Å². The van der Waals surface area contributed by atoms with Gasteiger partial charge in [-0.05, 0) is 23.3 Å². The standard InChI is InChI=1S/C22H23N3O5/c1-29-19-10-8-16(12-17(19)22(28)30-2)13-23-21(27)18-9-11-20(26)25(24-18)14-15-6-4-3-5-7-15/h3-8,10,12H,9,11,13-14H2,1-2H3,(H,23,27). The Hall–Kier alpha value is -3.68. The minimum Gasteiger partial charge on any atom is -0.496 e. The molecule has 2 amide bonds. The van der Waals surface area contributed by atoms with Crippen LogP contribution in [0.25, 0.3) is 0 Å². The maximum Gasteiger partial charge on any atom is 0.341 e. The summed E-state index contributed by atoms with van der Waals surface area (Å²) in [4.78, 5) is 36.6. The van der Waals surface area contributed by atoms with Gasteiger partial charge in [0.1, 0.15) is 17.0 Å². The van der Waals surface area contributed by atoms with Gasteiger partial charge in [0.05, 0.1) is 20.8 Å². The van der Waals surface area contributed by atoms with Crippen LogP contribution < -0.4 is 10.1 Å². The lowest BCUT2D eigenvalue weighted by Gasteiger charge is -2.23. The lowest BCUT2D eigenvalue weighted by Crippen LogP contribution is -2.38. The van der Waals surface area contributed by atoms with Crippen LogP contribution in [-0.2, 0) is 27.4 Å². The molecule has 1 aliphatic rings. The van der Waals surface area contributed by atoms with Crippen LogP contribution in [0.5, 0.6) is 5.75 Å². The lowest BCUT2D eigenvalue weighted by molar-refractivity contribution is -0.132. The average Bonchev–Trinajstić information content (AvgIpc) is 2.78. The van der Waals surface area contributed by atoms with Gasteiger partial charge < -0.3 is 14.8 Å². The van der Waals surface area contributed by atoms with Crippen molar-refractivity contribution in [1.82, 2.24) is 10.3 Å². The van der Waals surface area contributed by atoms with Gasteiger partial charge in [-0.15, -0.1) is 0 Å². The molecule has 156 valence electrons. The number of nitrogens with zero attached hydrogens (tertiary/aromatic N) is 2. The maximum absolute atomic E-state index is 12.6. The van der Waals surface area contributed by atoms with Gasteiger partial charge in [-0.2, -0.15) is 5.10 Å². The number of carbonyl (C=O) groups excluding carboxylic acids is 3. The molecule has 2 aromatic rings. The summed E-state index contributed by atoms with van der Waals surface area (Å²) in [5.41, 5.74) is 2.22. The maximum atomic E-state index is 12.6. The van der Waals surface area contributed by atoms with Gasteiger partial charge in [0.2, 0.25) is 5.91 Å². The van der Waals surface area contributed by atoms with Crippen LogP contribution in [0.3, 0.4) is 0 Å². The van der Waals surface area contributed by atoms with Crippen LogP contribution in [0.4, 0.5) is 0 Å². The van der Waals surface area contributed by atoms with E-state index in [-0.39, 0.29) is 36.8 Å². The first kappa shape index (κ1) is 21.0. The molecule has 0 aliphatic carbocycles. The van der Waals surface area contributed by atoms with Crippen molar-refractivity contribution in [3.8, 4) is 5.75 Å². The number of hydrogen-bond donors (Lipinski definition) is 1. The molecule has 0 radical (unpaired) electrons. The molecule has 0 saturated carbocycles. The first-order chi connectivity index (χ1) is 14.5. The first-order valence-corrected chi connectivity index (χ1v) is 9.47. The van der Waals surface area contributed by atoms with Crippen molar-refractivity contribution in [2.45, 2.75) is 25.9 Å². The normalized spacial score (nSPS) is 13.5. The molecule has 0 fully saturated rings. The van der Waals surface area contributed by atoms with Crippen molar-refractivity contribution in [3.05, 3.63) is 65.2 Å². The number of esters is 1. The van der Waals surface area contributed by atoms with Crippen LogP contribution in [0.1, 0.15) is 34.3 Å². The molecule has 8 nitrogen and oxygen atoms in total. The van der Waals surface area contributed by atoms with E-state index in [1.54, 1.807) is 18.2 Å². The van der Waals surface area contributed by atoms with Crippen molar-refractivity contribution in [2.75, 3.05) is 14.2 Å². The number of rotatable bonds is 7. The molecule has 0 saturated heterocycles. The largest absolute Gasteiger partial charge is 0.496 e. The lowest BCUT2D eigenvalue weighted by atomic mass is 10.1. The SMILES string of the molecule is COC(=O)c1cc(CNC(=O)C2=NN(Cc3ccccc3)C(=O)CC2)ccc1OC. The van der Waals surface area contributed by atoms with Crippen LogP contribution in [0.15, 0.2) is 53.6 Å². The van der Waals surface area contributed by atoms with Crippen molar-refractivity contribution in [2.24, 2.45) is 5.10 Å². The summed E-state index contributed by atoms with van der Waals surface area (Å²) in [5, 5.41) is 8.37. The molecule has 8 heteroatoms. The van der Waals surface area contributed by atoms with E-state index in [0.717, 1.165) is 5.56 Å². The van der Waals surface area contributed by atoms with Crippen LogP contribution >= 0.6 is 0 Å². The number of ether oxygens (including phenoxy) is 2. The molecule has 3 rings (SSSR count). The fraction of sp³-hybridized carbons (Fsp3) is 0.273. The fourth-order valence-electron chi connectivity index (χ4n) is 3.06. The number of nitrogens with one attached hydrogen (secondary N) is 1. The first-order valence-electron chi connectivity index (χ1n) is 9.47. The van der Waals surface area contributed by atoms with Crippen LogP contribution in [-0.4, -0.2) is 42.7 Å². The summed E-state index contributed by atoms with van der Waals surface area (Å²) < 4.78 is 9.93. The highest BCUT2D eigenvalue weighted by Crippen LogP contribution is 2.21. The Kier molecular flexibility index (Phi) is 6.79. The second kappa shape index (κ2) is 9.69. The predicted molar refractivity (Wildman–Crippen MR) is 110 cm³/mol. The van der Waals surface area contributed by atoms with E-state index in [4.69, 9.17) is 9.47 Å². The van der Waals surface area contributed by atoms with Gasteiger partial charge >= 0.3 is 5.97 Å². The van der Waals surface area contributed by atoms with Gasteiger partial charge in [0.15, 0.2) is 0 Å². The number of hydrazone groups is 1. The molecule has 0 aromatic heterocycles. The molecular weight excluding hydrogens is 386 g/mol. The Morgan fingerprint density at radius 2 is 1.83 bits per heavy atom. The molecule has 1 N–H and O–H groups in total. The zero-order chi connectivity index (χ0) is 21.5. The molecule has 2 aromatic carbocycles. The van der Waals surface area contributed by atoms with E-state index in [1.807, 2.05) is 30.3 Å². The number of hydrogen-bond acceptors (Lipinski definition) is 6. The number of methoxy groups -OCH3 is 2. The summed E-state index contributed by atoms with van der Waals surface area (Å²) in [7, 11) is 2.76. The molecule has 1 aliphatic heterocycles. The van der Waals surface area contributed by atoms with Gasteiger partial charge in [-0.3, -0.25) is 9.59 Å². The fourth-order valence-corrected chi connectivity index (χ4v) is 3.06. The summed E-state index contributed by atoms with van der Waals surface area (Å²) >= 11 is 0. The third-order valence-corrected chi connectivity index (χ3v) is 4.66. The second-order valence-electron chi connectivity index (χ2n) is 6.69. The zero-order valence-corrected chi connectivity index (χ0v) is 16.9. The Morgan fingerprint density at radius 1 is 1.07 bits per heavy atom. The zero-order valence-electron chi connectivity index (χ0n) is 16.9. The summed E-state index contributed by atoms with van der Waals surface area (Å²) in [5.74, 6) is -0.598. The Bertz CT molecular complexity index is 972. The molecule has 0 bridgehead atoms. The highest BCUT2D eigenvalue weighted by molar-refractivity contribution is 6.39. The van der Waals surface area contributed by atoms with Gasteiger partial charge in [-0.25, -0.2) is 9.80 Å². The van der Waals surface area contributed by atoms with E-state index < -0.39 is 5.97 Å². The summed E-state index contributed by atoms with van der Waals surface area (Å²) in [6.45, 7) is 0.510. The average molecular weight is 409 g/mol. The Morgan fingerprint density at radius 3 is 2.53 bits per heavy atom. The van der Waals surface area contributed by atoms with Crippen molar-refractivity contribution >= 4 is 23.5 Å². The van der Waals surface area contributed by atoms with E-state index in [1.165, 1.54) is 19.2 Å². The third-order valence-electron chi connectivity index (χ3n) is 4.66. The van der Waals surface area contributed by atoms with Gasteiger partial charge in [-0.1, -0.05) is 36.4 Å². The Labute approximate surface area is 174 Å².